The Kier molecular flexibility index (Phi) is 3.29. The molecule has 1 unspecified atom stereocenters. The molecule has 0 spiro atoms. The van der Waals surface area contributed by atoms with Crippen LogP contribution in [0.3, 0.4) is 0 Å². The quantitative estimate of drug-likeness (QED) is 0.925. The number of benzene rings is 1. The number of nitrogens with zero attached hydrogens (tertiary/aromatic N) is 4. The van der Waals surface area contributed by atoms with Crippen molar-refractivity contribution < 1.29 is 0 Å². The number of nitrogens with two attached hydrogens (primary N) is 1. The van der Waals surface area contributed by atoms with Gasteiger partial charge in [-0.1, -0.05) is 23.7 Å². The second-order valence-corrected chi connectivity index (χ2v) is 5.63. The number of hydrogen-bond donors (Lipinski definition) is 1. The van der Waals surface area contributed by atoms with Crippen LogP contribution in [0.25, 0.3) is 0 Å². The van der Waals surface area contributed by atoms with Crippen LogP contribution in [0, 0.1) is 6.92 Å². The summed E-state index contributed by atoms with van der Waals surface area (Å²) in [5.74, 6) is 0.440. The predicted molar refractivity (Wildman–Crippen MR) is 84.5 cm³/mol. The molecule has 108 valence electrons. The first-order valence-corrected chi connectivity index (χ1v) is 7.04. The van der Waals surface area contributed by atoms with Gasteiger partial charge in [0.05, 0.1) is 28.6 Å². The van der Waals surface area contributed by atoms with Crippen LogP contribution in [0.1, 0.15) is 18.3 Å². The predicted octanol–water partition coefficient (Wildman–Crippen LogP) is 2.49. The lowest BCUT2D eigenvalue weighted by molar-refractivity contribution is 0.508. The maximum Gasteiger partial charge on any atom is 0.196 e. The number of hydrogen-bond acceptors (Lipinski definition) is 5. The molecule has 6 heteroatoms. The second-order valence-electron chi connectivity index (χ2n) is 5.23. The van der Waals surface area contributed by atoms with Crippen molar-refractivity contribution >= 4 is 23.2 Å². The minimum Gasteiger partial charge on any atom is -0.369 e. The maximum absolute atomic E-state index is 6.34. The van der Waals surface area contributed by atoms with Gasteiger partial charge in [-0.05, 0) is 26.0 Å². The normalized spacial score (nSPS) is 21.5. The molecule has 0 amide bonds. The van der Waals surface area contributed by atoms with Gasteiger partial charge in [-0.25, -0.2) is 0 Å². The fourth-order valence-electron chi connectivity index (χ4n) is 2.77. The summed E-state index contributed by atoms with van der Waals surface area (Å²) in [4.78, 5) is 15.2. The summed E-state index contributed by atoms with van der Waals surface area (Å²) in [5.41, 5.74) is 8.16. The number of rotatable bonds is 2. The van der Waals surface area contributed by atoms with E-state index in [9.17, 15) is 0 Å². The third-order valence-corrected chi connectivity index (χ3v) is 4.08. The Morgan fingerprint density at radius 3 is 2.67 bits per heavy atom. The molecule has 5 nitrogen and oxygen atoms in total. The molecule has 1 aromatic heterocycles. The van der Waals surface area contributed by atoms with Crippen molar-refractivity contribution in [1.82, 2.24) is 9.97 Å². The van der Waals surface area contributed by atoms with E-state index in [4.69, 9.17) is 17.3 Å². The number of aliphatic imine (C=N–C) groups is 1. The van der Waals surface area contributed by atoms with Crippen LogP contribution in [-0.4, -0.2) is 22.5 Å². The van der Waals surface area contributed by atoms with E-state index >= 15 is 0 Å². The fraction of sp³-hybridized carbons (Fsp3) is 0.267. The molecular formula is C15H16ClN5. The molecule has 0 fully saturated rings. The van der Waals surface area contributed by atoms with Crippen molar-refractivity contribution in [3.63, 3.8) is 0 Å². The summed E-state index contributed by atoms with van der Waals surface area (Å²) in [6, 6.07) is 7.59. The van der Waals surface area contributed by atoms with Crippen LogP contribution in [0.5, 0.6) is 0 Å². The van der Waals surface area contributed by atoms with Gasteiger partial charge in [0.2, 0.25) is 0 Å². The highest BCUT2D eigenvalue weighted by molar-refractivity contribution is 6.34. The minimum absolute atomic E-state index is 0.440. The molecule has 2 aromatic rings. The number of anilines is 1. The molecule has 21 heavy (non-hydrogen) atoms. The standard InChI is InChI=1S/C15H16ClN5/c1-10-13(19-8-7-18-10)15(2)9-20-14(17)21(15)12-6-4-3-5-11(12)16/h3-8H,9H2,1-2H3,(H2,17,20). The zero-order chi connectivity index (χ0) is 15.0. The zero-order valence-corrected chi connectivity index (χ0v) is 12.7. The smallest absolute Gasteiger partial charge is 0.196 e. The van der Waals surface area contributed by atoms with Gasteiger partial charge in [0.25, 0.3) is 0 Å². The van der Waals surface area contributed by atoms with Gasteiger partial charge in [-0.3, -0.25) is 19.9 Å². The van der Waals surface area contributed by atoms with Crippen LogP contribution in [0.2, 0.25) is 5.02 Å². The Morgan fingerprint density at radius 1 is 1.24 bits per heavy atom. The van der Waals surface area contributed by atoms with E-state index in [1.165, 1.54) is 0 Å². The Hall–Kier alpha value is -2.14. The molecule has 1 aliphatic rings. The molecule has 0 saturated heterocycles. The molecule has 0 radical (unpaired) electrons. The Bertz CT molecular complexity index is 715. The van der Waals surface area contributed by atoms with E-state index in [1.54, 1.807) is 12.4 Å². The summed E-state index contributed by atoms with van der Waals surface area (Å²) in [5, 5.41) is 0.630. The highest BCUT2D eigenvalue weighted by Crippen LogP contribution is 2.39. The Balaban J connectivity index is 2.16. The summed E-state index contributed by atoms with van der Waals surface area (Å²) >= 11 is 6.34. The van der Waals surface area contributed by atoms with Crippen molar-refractivity contribution in [2.75, 3.05) is 11.4 Å². The first kappa shape index (κ1) is 13.8. The van der Waals surface area contributed by atoms with E-state index in [-0.39, 0.29) is 0 Å². The second kappa shape index (κ2) is 5.00. The van der Waals surface area contributed by atoms with E-state index in [0.717, 1.165) is 17.1 Å². The van der Waals surface area contributed by atoms with Gasteiger partial charge >= 0.3 is 0 Å². The molecular weight excluding hydrogens is 286 g/mol. The number of para-hydroxylation sites is 1. The molecule has 3 rings (SSSR count). The fourth-order valence-corrected chi connectivity index (χ4v) is 2.99. The van der Waals surface area contributed by atoms with Crippen molar-refractivity contribution in [3.8, 4) is 0 Å². The van der Waals surface area contributed by atoms with Crippen molar-refractivity contribution in [2.24, 2.45) is 10.7 Å². The third kappa shape index (κ3) is 2.14. The third-order valence-electron chi connectivity index (χ3n) is 3.76. The lowest BCUT2D eigenvalue weighted by Gasteiger charge is -2.36. The van der Waals surface area contributed by atoms with Gasteiger partial charge in [0.1, 0.15) is 5.54 Å². The Morgan fingerprint density at radius 2 is 1.95 bits per heavy atom. The largest absolute Gasteiger partial charge is 0.369 e. The topological polar surface area (TPSA) is 67.4 Å². The number of aryl methyl sites for hydroxylation is 1. The van der Waals surface area contributed by atoms with Gasteiger partial charge in [0, 0.05) is 12.4 Å². The van der Waals surface area contributed by atoms with Gasteiger partial charge in [-0.15, -0.1) is 0 Å². The highest BCUT2D eigenvalue weighted by atomic mass is 35.5. The van der Waals surface area contributed by atoms with Crippen LogP contribution in [0.15, 0.2) is 41.7 Å². The van der Waals surface area contributed by atoms with Gasteiger partial charge < -0.3 is 5.73 Å². The molecule has 2 N–H and O–H groups in total. The van der Waals surface area contributed by atoms with E-state index < -0.39 is 5.54 Å². The van der Waals surface area contributed by atoms with E-state index in [1.807, 2.05) is 36.1 Å². The monoisotopic (exact) mass is 301 g/mol. The molecule has 1 aliphatic heterocycles. The summed E-state index contributed by atoms with van der Waals surface area (Å²) < 4.78 is 0. The average molecular weight is 302 g/mol. The van der Waals surface area contributed by atoms with Crippen molar-refractivity contribution in [3.05, 3.63) is 53.1 Å². The van der Waals surface area contributed by atoms with E-state index in [2.05, 4.69) is 21.9 Å². The molecule has 1 aromatic carbocycles. The molecule has 1 atom stereocenters. The van der Waals surface area contributed by atoms with Crippen LogP contribution in [0.4, 0.5) is 5.69 Å². The molecule has 0 saturated carbocycles. The van der Waals surface area contributed by atoms with Gasteiger partial charge in [0.15, 0.2) is 5.96 Å². The van der Waals surface area contributed by atoms with Gasteiger partial charge in [-0.2, -0.15) is 0 Å². The van der Waals surface area contributed by atoms with E-state index in [0.29, 0.717) is 17.5 Å². The first-order valence-electron chi connectivity index (χ1n) is 6.67. The average Bonchev–Trinajstić information content (AvgIpc) is 2.77. The van der Waals surface area contributed by atoms with Crippen molar-refractivity contribution in [2.45, 2.75) is 19.4 Å². The summed E-state index contributed by atoms with van der Waals surface area (Å²) in [7, 11) is 0. The number of halogens is 1. The number of guanidine groups is 1. The zero-order valence-electron chi connectivity index (χ0n) is 11.9. The van der Waals surface area contributed by atoms with Crippen molar-refractivity contribution in [1.29, 1.82) is 0 Å². The maximum atomic E-state index is 6.34. The SMILES string of the molecule is Cc1nccnc1C1(C)CN=C(N)N1c1ccccc1Cl. The lowest BCUT2D eigenvalue weighted by atomic mass is 9.94. The highest BCUT2D eigenvalue weighted by Gasteiger charge is 2.43. The van der Waals surface area contributed by atoms with Crippen LogP contribution in [-0.2, 0) is 5.54 Å². The van der Waals surface area contributed by atoms with Crippen LogP contribution < -0.4 is 10.6 Å². The summed E-state index contributed by atoms with van der Waals surface area (Å²) in [6.07, 6.45) is 3.37. The molecule has 0 bridgehead atoms. The first-order chi connectivity index (χ1) is 10.0. The summed E-state index contributed by atoms with van der Waals surface area (Å²) in [6.45, 7) is 4.51. The minimum atomic E-state index is -0.493. The molecule has 2 heterocycles. The number of aromatic nitrogens is 2. The Labute approximate surface area is 128 Å². The lowest BCUT2D eigenvalue weighted by Crippen LogP contribution is -2.48. The van der Waals surface area contributed by atoms with Crippen LogP contribution >= 0.6 is 11.6 Å². The molecule has 0 aliphatic carbocycles.